The van der Waals surface area contributed by atoms with Crippen molar-refractivity contribution in [2.24, 2.45) is 0 Å². The van der Waals surface area contributed by atoms with Crippen molar-refractivity contribution in [1.82, 2.24) is 15.2 Å². The number of rotatable bonds is 4. The van der Waals surface area contributed by atoms with Gasteiger partial charge in [-0.25, -0.2) is 14.2 Å². The largest absolute Gasteiger partial charge is 0.507 e. The molecule has 1 atom stereocenters. The summed E-state index contributed by atoms with van der Waals surface area (Å²) in [6.07, 6.45) is 1.68. The SMILES string of the molecule is C[C@@H]1CN(c2cc(-c3cc(F)cc(-c4ccc(N5CCN(C)C5=O)c(Cl)c4)c3O)ccn2)CCN1. The van der Waals surface area contributed by atoms with Gasteiger partial charge in [0.05, 0.1) is 10.7 Å². The van der Waals surface area contributed by atoms with Crippen LogP contribution >= 0.6 is 11.6 Å². The summed E-state index contributed by atoms with van der Waals surface area (Å²) in [5.41, 5.74) is 2.52. The molecular formula is C26H27ClFN5O2. The highest BCUT2D eigenvalue weighted by atomic mass is 35.5. The fraction of sp³-hybridized carbons (Fsp3) is 0.308. The minimum Gasteiger partial charge on any atom is -0.507 e. The number of nitrogens with zero attached hydrogens (tertiary/aromatic N) is 4. The number of pyridine rings is 1. The van der Waals surface area contributed by atoms with Crippen LogP contribution in [0.4, 0.5) is 20.7 Å². The molecule has 0 radical (unpaired) electrons. The Kier molecular flexibility index (Phi) is 6.25. The molecule has 2 aromatic carbocycles. The third-order valence-corrected chi connectivity index (χ3v) is 6.89. The van der Waals surface area contributed by atoms with Crippen molar-refractivity contribution in [1.29, 1.82) is 0 Å². The molecular weight excluding hydrogens is 469 g/mol. The topological polar surface area (TPSA) is 71.9 Å². The zero-order valence-corrected chi connectivity index (χ0v) is 20.4. The molecule has 2 aliphatic rings. The van der Waals surface area contributed by atoms with Crippen LogP contribution in [0.3, 0.4) is 0 Å². The van der Waals surface area contributed by atoms with Gasteiger partial charge in [0.1, 0.15) is 17.4 Å². The third kappa shape index (κ3) is 4.51. The Labute approximate surface area is 208 Å². The van der Waals surface area contributed by atoms with E-state index in [1.54, 1.807) is 47.3 Å². The molecule has 2 N–H and O–H groups in total. The highest BCUT2D eigenvalue weighted by molar-refractivity contribution is 6.34. The number of carbonyl (C=O) groups is 1. The molecule has 0 aliphatic carbocycles. The first kappa shape index (κ1) is 23.4. The molecule has 182 valence electrons. The highest BCUT2D eigenvalue weighted by Gasteiger charge is 2.28. The molecule has 2 fully saturated rings. The fourth-order valence-corrected chi connectivity index (χ4v) is 4.99. The number of nitrogens with one attached hydrogen (secondary N) is 1. The molecule has 1 aromatic heterocycles. The Morgan fingerprint density at radius 2 is 1.83 bits per heavy atom. The molecule has 2 saturated heterocycles. The Morgan fingerprint density at radius 3 is 2.49 bits per heavy atom. The summed E-state index contributed by atoms with van der Waals surface area (Å²) >= 11 is 6.53. The van der Waals surface area contributed by atoms with E-state index in [2.05, 4.69) is 22.1 Å². The van der Waals surface area contributed by atoms with Gasteiger partial charge in [0.25, 0.3) is 0 Å². The summed E-state index contributed by atoms with van der Waals surface area (Å²) in [6, 6.07) is 11.6. The van der Waals surface area contributed by atoms with E-state index in [1.165, 1.54) is 12.1 Å². The number of hydrogen-bond acceptors (Lipinski definition) is 5. The van der Waals surface area contributed by atoms with E-state index >= 15 is 0 Å². The molecule has 0 spiro atoms. The maximum absolute atomic E-state index is 14.8. The Balaban J connectivity index is 1.50. The van der Waals surface area contributed by atoms with Gasteiger partial charge in [-0.3, -0.25) is 4.90 Å². The number of hydrogen-bond donors (Lipinski definition) is 2. The van der Waals surface area contributed by atoms with Crippen molar-refractivity contribution >= 4 is 29.1 Å². The van der Waals surface area contributed by atoms with Crippen LogP contribution in [0.15, 0.2) is 48.7 Å². The van der Waals surface area contributed by atoms with Gasteiger partial charge in [-0.05, 0) is 54.4 Å². The van der Waals surface area contributed by atoms with E-state index in [4.69, 9.17) is 11.6 Å². The lowest BCUT2D eigenvalue weighted by molar-refractivity contribution is 0.229. The number of aromatic nitrogens is 1. The van der Waals surface area contributed by atoms with E-state index in [1.807, 2.05) is 6.07 Å². The summed E-state index contributed by atoms with van der Waals surface area (Å²) < 4.78 is 14.8. The number of aromatic hydroxyl groups is 1. The van der Waals surface area contributed by atoms with Gasteiger partial charge in [0.15, 0.2) is 0 Å². The number of likely N-dealkylation sites (N-methyl/N-ethyl adjacent to an activating group) is 1. The molecule has 3 heterocycles. The van der Waals surface area contributed by atoms with Gasteiger partial charge >= 0.3 is 6.03 Å². The lowest BCUT2D eigenvalue weighted by atomic mass is 9.97. The zero-order chi connectivity index (χ0) is 24.7. The smallest absolute Gasteiger partial charge is 0.324 e. The molecule has 35 heavy (non-hydrogen) atoms. The number of carbonyl (C=O) groups excluding carboxylic acids is 1. The number of urea groups is 1. The van der Waals surface area contributed by atoms with Gasteiger partial charge in [0.2, 0.25) is 0 Å². The number of anilines is 2. The Hall–Kier alpha value is -3.36. The first-order chi connectivity index (χ1) is 16.8. The number of phenolic OH excluding ortho intramolecular Hbond substituents is 1. The van der Waals surface area contributed by atoms with E-state index < -0.39 is 5.82 Å². The first-order valence-electron chi connectivity index (χ1n) is 11.6. The van der Waals surface area contributed by atoms with Crippen LogP contribution in [0.2, 0.25) is 5.02 Å². The van der Waals surface area contributed by atoms with Crippen LogP contribution in [0.25, 0.3) is 22.3 Å². The van der Waals surface area contributed by atoms with Crippen molar-refractivity contribution in [3.05, 3.63) is 59.5 Å². The number of amides is 2. The standard InChI is InChI=1S/C26H27ClFN5O2/c1-16-15-32(8-7-29-16)24-12-18(5-6-30-24)21-14-19(28)13-20(25(21)34)17-3-4-23(22(27)11-17)33-10-9-31(2)26(33)35/h3-6,11-14,16,29,34H,7-10,15H2,1-2H3/t16-/m1/s1. The van der Waals surface area contributed by atoms with Gasteiger partial charge in [-0.2, -0.15) is 0 Å². The Bertz CT molecular complexity index is 1290. The average molecular weight is 496 g/mol. The van der Waals surface area contributed by atoms with Crippen LogP contribution in [-0.4, -0.2) is 66.8 Å². The summed E-state index contributed by atoms with van der Waals surface area (Å²) in [5, 5.41) is 15.0. The second-order valence-electron chi connectivity index (χ2n) is 9.08. The predicted molar refractivity (Wildman–Crippen MR) is 137 cm³/mol. The summed E-state index contributed by atoms with van der Waals surface area (Å²) in [5.74, 6) is 0.269. The molecule has 5 rings (SSSR count). The number of benzene rings is 2. The second-order valence-corrected chi connectivity index (χ2v) is 9.48. The summed E-state index contributed by atoms with van der Waals surface area (Å²) in [7, 11) is 1.74. The van der Waals surface area contributed by atoms with Gasteiger partial charge in [-0.1, -0.05) is 17.7 Å². The summed E-state index contributed by atoms with van der Waals surface area (Å²) in [4.78, 5) is 22.3. The monoisotopic (exact) mass is 495 g/mol. The number of phenols is 1. The minimum absolute atomic E-state index is 0.0435. The first-order valence-corrected chi connectivity index (χ1v) is 12.0. The van der Waals surface area contributed by atoms with Crippen LogP contribution in [0.5, 0.6) is 5.75 Å². The average Bonchev–Trinajstić information content (AvgIpc) is 3.18. The molecule has 0 saturated carbocycles. The van der Waals surface area contributed by atoms with Crippen LogP contribution in [0, 0.1) is 5.82 Å². The fourth-order valence-electron chi connectivity index (χ4n) is 4.70. The van der Waals surface area contributed by atoms with Gasteiger partial charge < -0.3 is 20.2 Å². The van der Waals surface area contributed by atoms with Crippen LogP contribution in [-0.2, 0) is 0 Å². The van der Waals surface area contributed by atoms with Gasteiger partial charge in [0, 0.05) is 63.1 Å². The zero-order valence-electron chi connectivity index (χ0n) is 19.6. The van der Waals surface area contributed by atoms with Crippen LogP contribution in [0.1, 0.15) is 6.92 Å². The van der Waals surface area contributed by atoms with E-state index in [-0.39, 0.29) is 11.8 Å². The maximum atomic E-state index is 14.8. The van der Waals surface area contributed by atoms with Crippen molar-refractivity contribution in [3.8, 4) is 28.0 Å². The predicted octanol–water partition coefficient (Wildman–Crippen LogP) is 4.58. The maximum Gasteiger partial charge on any atom is 0.324 e. The quantitative estimate of drug-likeness (QED) is 0.554. The lowest BCUT2D eigenvalue weighted by Crippen LogP contribution is -2.49. The van der Waals surface area contributed by atoms with Crippen LogP contribution < -0.4 is 15.1 Å². The van der Waals surface area contributed by atoms with Gasteiger partial charge in [-0.15, -0.1) is 0 Å². The molecule has 9 heteroatoms. The van der Waals surface area contributed by atoms with Crippen molar-refractivity contribution in [2.75, 3.05) is 49.6 Å². The summed E-state index contributed by atoms with van der Waals surface area (Å²) in [6.45, 7) is 5.78. The molecule has 3 aromatic rings. The van der Waals surface area contributed by atoms with Crippen molar-refractivity contribution < 1.29 is 14.3 Å². The molecule has 0 unspecified atom stereocenters. The second kappa shape index (κ2) is 9.36. The molecule has 0 bridgehead atoms. The van der Waals surface area contributed by atoms with Crippen molar-refractivity contribution in [3.63, 3.8) is 0 Å². The molecule has 2 amide bonds. The van der Waals surface area contributed by atoms with E-state index in [0.29, 0.717) is 52.1 Å². The minimum atomic E-state index is -0.474. The third-order valence-electron chi connectivity index (χ3n) is 6.59. The van der Waals surface area contributed by atoms with E-state index in [9.17, 15) is 14.3 Å². The number of piperazine rings is 1. The van der Waals surface area contributed by atoms with E-state index in [0.717, 1.165) is 25.5 Å². The number of halogens is 2. The normalized spacial score (nSPS) is 18.5. The molecule has 2 aliphatic heterocycles. The lowest BCUT2D eigenvalue weighted by Gasteiger charge is -2.32. The molecule has 7 nitrogen and oxygen atoms in total. The highest BCUT2D eigenvalue weighted by Crippen LogP contribution is 2.41. The Morgan fingerprint density at radius 1 is 1.09 bits per heavy atom. The van der Waals surface area contributed by atoms with Crippen molar-refractivity contribution in [2.45, 2.75) is 13.0 Å².